The van der Waals surface area contributed by atoms with Gasteiger partial charge in [-0.3, -0.25) is 9.59 Å². The number of ether oxygens (including phenoxy) is 1. The summed E-state index contributed by atoms with van der Waals surface area (Å²) in [6.07, 6.45) is 1.34. The van der Waals surface area contributed by atoms with Crippen LogP contribution in [0.1, 0.15) is 42.2 Å². The summed E-state index contributed by atoms with van der Waals surface area (Å²) < 4.78 is 5.71. The number of likely N-dealkylation sites (tertiary alicyclic amines) is 1. The molecule has 2 aromatic rings. The second-order valence-corrected chi connectivity index (χ2v) is 10.9. The van der Waals surface area contributed by atoms with Gasteiger partial charge in [-0.15, -0.1) is 11.3 Å². The maximum Gasteiger partial charge on any atom is 0.273 e. The normalized spacial score (nSPS) is 15.0. The van der Waals surface area contributed by atoms with Crippen molar-refractivity contribution in [2.75, 3.05) is 40.3 Å². The molecule has 0 radical (unpaired) electrons. The molecule has 0 saturated carbocycles. The predicted octanol–water partition coefficient (Wildman–Crippen LogP) is 3.93. The van der Waals surface area contributed by atoms with E-state index in [-0.39, 0.29) is 23.1 Å². The standard InChI is InChI=1S/C24H33ClN4O3S/c1-24(2,16-28(3)4)15-26-22(30)17-9-11-29(12-10-17)23(31)20-14-33-21(27-20)13-32-19-7-5-18(25)6-8-19/h5-8,14,17H,9-13,15-16H2,1-4H3,(H,26,30). The maximum atomic E-state index is 12.9. The van der Waals surface area contributed by atoms with Crippen LogP contribution in [0.4, 0.5) is 0 Å². The third kappa shape index (κ3) is 7.69. The van der Waals surface area contributed by atoms with Crippen molar-refractivity contribution in [3.8, 4) is 5.75 Å². The molecule has 7 nitrogen and oxygen atoms in total. The molecule has 1 saturated heterocycles. The summed E-state index contributed by atoms with van der Waals surface area (Å²) in [6.45, 7) is 7.27. The quantitative estimate of drug-likeness (QED) is 0.574. The Morgan fingerprint density at radius 1 is 1.24 bits per heavy atom. The Labute approximate surface area is 205 Å². The topological polar surface area (TPSA) is 74.8 Å². The number of hydrogen-bond acceptors (Lipinski definition) is 6. The number of benzene rings is 1. The molecule has 33 heavy (non-hydrogen) atoms. The first kappa shape index (κ1) is 25.5. The lowest BCUT2D eigenvalue weighted by molar-refractivity contribution is -0.126. The van der Waals surface area contributed by atoms with Gasteiger partial charge in [0.15, 0.2) is 0 Å². The molecule has 2 heterocycles. The van der Waals surface area contributed by atoms with Crippen LogP contribution >= 0.6 is 22.9 Å². The molecular weight excluding hydrogens is 460 g/mol. The van der Waals surface area contributed by atoms with E-state index in [1.807, 2.05) is 14.1 Å². The molecule has 180 valence electrons. The molecule has 0 bridgehead atoms. The molecule has 0 spiro atoms. The number of hydrogen-bond donors (Lipinski definition) is 1. The third-order valence-corrected chi connectivity index (χ3v) is 6.66. The molecular formula is C24H33ClN4O3S. The van der Waals surface area contributed by atoms with Gasteiger partial charge >= 0.3 is 0 Å². The lowest BCUT2D eigenvalue weighted by atomic mass is 9.91. The van der Waals surface area contributed by atoms with Gasteiger partial charge in [0.05, 0.1) is 0 Å². The summed E-state index contributed by atoms with van der Waals surface area (Å²) in [4.78, 5) is 33.9. The Morgan fingerprint density at radius 2 is 1.91 bits per heavy atom. The zero-order valence-electron chi connectivity index (χ0n) is 19.8. The second-order valence-electron chi connectivity index (χ2n) is 9.56. The first-order valence-corrected chi connectivity index (χ1v) is 12.4. The van der Waals surface area contributed by atoms with E-state index in [0.717, 1.165) is 11.6 Å². The van der Waals surface area contributed by atoms with E-state index in [2.05, 4.69) is 29.0 Å². The Balaban J connectivity index is 1.44. The molecule has 1 aromatic carbocycles. The van der Waals surface area contributed by atoms with Crippen LogP contribution < -0.4 is 10.1 Å². The van der Waals surface area contributed by atoms with Crippen molar-refractivity contribution in [3.63, 3.8) is 0 Å². The number of rotatable bonds is 9. The minimum atomic E-state index is -0.0880. The molecule has 1 fully saturated rings. The number of nitrogens with one attached hydrogen (secondary N) is 1. The molecule has 3 rings (SSSR count). The molecule has 1 N–H and O–H groups in total. The Bertz CT molecular complexity index is 937. The fourth-order valence-corrected chi connectivity index (χ4v) is 4.85. The van der Waals surface area contributed by atoms with Crippen molar-refractivity contribution < 1.29 is 14.3 Å². The molecule has 1 aliphatic rings. The van der Waals surface area contributed by atoms with Gasteiger partial charge in [0.25, 0.3) is 5.91 Å². The summed E-state index contributed by atoms with van der Waals surface area (Å²) in [5.74, 6) is 0.648. The number of carbonyl (C=O) groups excluding carboxylic acids is 2. The lowest BCUT2D eigenvalue weighted by Gasteiger charge is -2.32. The van der Waals surface area contributed by atoms with Crippen LogP contribution in [-0.2, 0) is 11.4 Å². The van der Waals surface area contributed by atoms with Crippen molar-refractivity contribution >= 4 is 34.8 Å². The highest BCUT2D eigenvalue weighted by atomic mass is 35.5. The monoisotopic (exact) mass is 492 g/mol. The minimum absolute atomic E-state index is 0.00935. The molecule has 9 heteroatoms. The van der Waals surface area contributed by atoms with Crippen LogP contribution in [0.5, 0.6) is 5.75 Å². The highest BCUT2D eigenvalue weighted by Crippen LogP contribution is 2.22. The highest BCUT2D eigenvalue weighted by molar-refractivity contribution is 7.09. The van der Waals surface area contributed by atoms with E-state index >= 15 is 0 Å². The van der Waals surface area contributed by atoms with Crippen LogP contribution in [0.3, 0.4) is 0 Å². The Morgan fingerprint density at radius 3 is 2.55 bits per heavy atom. The number of aromatic nitrogens is 1. The Hall–Kier alpha value is -2.16. The molecule has 0 atom stereocenters. The molecule has 2 amide bonds. The fourth-order valence-electron chi connectivity index (χ4n) is 4.04. The molecule has 0 aliphatic carbocycles. The highest BCUT2D eigenvalue weighted by Gasteiger charge is 2.30. The molecule has 1 aromatic heterocycles. The molecule has 1 aliphatic heterocycles. The van der Waals surface area contributed by atoms with Gasteiger partial charge in [-0.1, -0.05) is 25.4 Å². The van der Waals surface area contributed by atoms with Crippen LogP contribution in [0.25, 0.3) is 0 Å². The number of halogens is 1. The number of amides is 2. The number of carbonyl (C=O) groups is 2. The van der Waals surface area contributed by atoms with Gasteiger partial charge in [0.1, 0.15) is 23.1 Å². The lowest BCUT2D eigenvalue weighted by Crippen LogP contribution is -2.46. The van der Waals surface area contributed by atoms with E-state index in [0.29, 0.717) is 55.5 Å². The largest absolute Gasteiger partial charge is 0.486 e. The summed E-state index contributed by atoms with van der Waals surface area (Å²) in [5, 5.41) is 6.27. The second kappa shape index (κ2) is 11.3. The van der Waals surface area contributed by atoms with Crippen LogP contribution in [0.15, 0.2) is 29.6 Å². The number of piperidine rings is 1. The van der Waals surface area contributed by atoms with E-state index < -0.39 is 0 Å². The zero-order valence-corrected chi connectivity index (χ0v) is 21.3. The van der Waals surface area contributed by atoms with E-state index in [1.165, 1.54) is 11.3 Å². The fraction of sp³-hybridized carbons (Fsp3) is 0.542. The number of nitrogens with zero attached hydrogens (tertiary/aromatic N) is 3. The van der Waals surface area contributed by atoms with E-state index in [4.69, 9.17) is 16.3 Å². The van der Waals surface area contributed by atoms with Crippen LogP contribution in [0, 0.1) is 11.3 Å². The summed E-state index contributed by atoms with van der Waals surface area (Å²) in [6, 6.07) is 7.13. The van der Waals surface area contributed by atoms with E-state index in [1.54, 1.807) is 34.5 Å². The van der Waals surface area contributed by atoms with Gasteiger partial charge in [-0.05, 0) is 56.6 Å². The average Bonchev–Trinajstić information content (AvgIpc) is 3.25. The third-order valence-electron chi connectivity index (χ3n) is 5.59. The summed E-state index contributed by atoms with van der Waals surface area (Å²) >= 11 is 7.29. The van der Waals surface area contributed by atoms with Gasteiger partial charge in [-0.2, -0.15) is 0 Å². The van der Waals surface area contributed by atoms with Gasteiger partial charge in [0.2, 0.25) is 5.91 Å². The zero-order chi connectivity index (χ0) is 24.0. The minimum Gasteiger partial charge on any atom is -0.486 e. The van der Waals surface area contributed by atoms with Crippen molar-refractivity contribution in [2.45, 2.75) is 33.3 Å². The summed E-state index contributed by atoms with van der Waals surface area (Å²) in [5.41, 5.74) is 0.443. The Kier molecular flexibility index (Phi) is 8.73. The first-order chi connectivity index (χ1) is 15.6. The van der Waals surface area contributed by atoms with Gasteiger partial charge < -0.3 is 19.9 Å². The van der Waals surface area contributed by atoms with Gasteiger partial charge in [-0.25, -0.2) is 4.98 Å². The van der Waals surface area contributed by atoms with E-state index in [9.17, 15) is 9.59 Å². The smallest absolute Gasteiger partial charge is 0.273 e. The summed E-state index contributed by atoms with van der Waals surface area (Å²) in [7, 11) is 4.07. The van der Waals surface area contributed by atoms with Crippen LogP contribution in [-0.4, -0.2) is 66.9 Å². The predicted molar refractivity (Wildman–Crippen MR) is 132 cm³/mol. The van der Waals surface area contributed by atoms with Crippen molar-refractivity contribution in [1.29, 1.82) is 0 Å². The first-order valence-electron chi connectivity index (χ1n) is 11.2. The average molecular weight is 493 g/mol. The van der Waals surface area contributed by atoms with Gasteiger partial charge in [0, 0.05) is 42.5 Å². The van der Waals surface area contributed by atoms with Crippen molar-refractivity contribution in [3.05, 3.63) is 45.4 Å². The maximum absolute atomic E-state index is 12.9. The van der Waals surface area contributed by atoms with Crippen molar-refractivity contribution in [1.82, 2.24) is 20.1 Å². The SMILES string of the molecule is CN(C)CC(C)(C)CNC(=O)C1CCN(C(=O)c2csc(COc3ccc(Cl)cc3)n2)CC1. The van der Waals surface area contributed by atoms with Crippen LogP contribution in [0.2, 0.25) is 5.02 Å². The molecule has 0 unspecified atom stereocenters. The number of thiazole rings is 1. The van der Waals surface area contributed by atoms with Crippen molar-refractivity contribution in [2.24, 2.45) is 11.3 Å².